The van der Waals surface area contributed by atoms with Gasteiger partial charge in [-0.3, -0.25) is 29.8 Å². The highest BCUT2D eigenvalue weighted by atomic mass is 19.4. The number of aliphatic hydroxyl groups is 1. The van der Waals surface area contributed by atoms with E-state index in [-0.39, 0.29) is 30.2 Å². The molecule has 0 bridgehead atoms. The molecule has 0 radical (unpaired) electrons. The lowest BCUT2D eigenvalue weighted by Crippen LogP contribution is -2.49. The lowest BCUT2D eigenvalue weighted by Gasteiger charge is -2.36. The molecule has 3 aromatic rings. The molecule has 0 aliphatic carbocycles. The molecular formula is C25H27F3N6O5. The van der Waals surface area contributed by atoms with Gasteiger partial charge in [-0.15, -0.1) is 0 Å². The summed E-state index contributed by atoms with van der Waals surface area (Å²) in [5, 5.41) is 38.3. The average Bonchev–Trinajstić information content (AvgIpc) is 3.16. The molecule has 0 spiro atoms. The Kier molecular flexibility index (Phi) is 7.88. The van der Waals surface area contributed by atoms with Crippen LogP contribution < -0.4 is 4.90 Å². The molecule has 1 aromatic heterocycles. The van der Waals surface area contributed by atoms with Gasteiger partial charge >= 0.3 is 6.18 Å². The molecule has 208 valence electrons. The number of anilines is 1. The summed E-state index contributed by atoms with van der Waals surface area (Å²) in [6.07, 6.45) is -5.25. The molecule has 1 fully saturated rings. The Balaban J connectivity index is 1.40. The number of β-amino-alcohol motifs (C(OH)–C–C–N with tert-alkyl or cyclic N) is 1. The summed E-state index contributed by atoms with van der Waals surface area (Å²) in [7, 11) is 0. The van der Waals surface area contributed by atoms with Crippen molar-refractivity contribution in [1.82, 2.24) is 14.7 Å². The zero-order chi connectivity index (χ0) is 28.5. The fourth-order valence-electron chi connectivity index (χ4n) is 4.75. The van der Waals surface area contributed by atoms with Crippen LogP contribution in [0.2, 0.25) is 0 Å². The van der Waals surface area contributed by atoms with Crippen LogP contribution in [0.4, 0.5) is 30.2 Å². The van der Waals surface area contributed by atoms with E-state index in [0.29, 0.717) is 37.4 Å². The molecule has 1 aliphatic heterocycles. The van der Waals surface area contributed by atoms with Crippen LogP contribution in [0, 0.1) is 34.1 Å². The fraction of sp³-hybridized carbons (Fsp3) is 0.400. The van der Waals surface area contributed by atoms with Crippen molar-refractivity contribution in [3.8, 4) is 11.3 Å². The molecule has 11 nitrogen and oxygen atoms in total. The van der Waals surface area contributed by atoms with E-state index in [1.165, 1.54) is 30.3 Å². The Morgan fingerprint density at radius 3 is 2.03 bits per heavy atom. The minimum Gasteiger partial charge on any atom is -0.390 e. The molecule has 1 unspecified atom stereocenters. The highest BCUT2D eigenvalue weighted by Gasteiger charge is 2.32. The Morgan fingerprint density at radius 1 is 0.949 bits per heavy atom. The number of aliphatic hydroxyl groups excluding tert-OH is 1. The van der Waals surface area contributed by atoms with Crippen LogP contribution >= 0.6 is 0 Å². The first-order chi connectivity index (χ1) is 18.4. The lowest BCUT2D eigenvalue weighted by molar-refractivity contribution is -0.392. The Morgan fingerprint density at radius 2 is 1.51 bits per heavy atom. The van der Waals surface area contributed by atoms with E-state index >= 15 is 0 Å². The van der Waals surface area contributed by atoms with Gasteiger partial charge in [0.2, 0.25) is 0 Å². The minimum atomic E-state index is -4.43. The van der Waals surface area contributed by atoms with Gasteiger partial charge in [0.15, 0.2) is 5.69 Å². The summed E-state index contributed by atoms with van der Waals surface area (Å²) in [4.78, 5) is 25.3. The molecule has 2 heterocycles. The number of para-hydroxylation sites is 1. The maximum absolute atomic E-state index is 12.9. The van der Waals surface area contributed by atoms with Gasteiger partial charge in [0.1, 0.15) is 0 Å². The van der Waals surface area contributed by atoms with Crippen molar-refractivity contribution in [2.75, 3.05) is 37.6 Å². The highest BCUT2D eigenvalue weighted by Crippen LogP contribution is 2.37. The van der Waals surface area contributed by atoms with E-state index < -0.39 is 27.7 Å². The third kappa shape index (κ3) is 6.01. The Hall–Kier alpha value is -4.04. The predicted octanol–water partition coefficient (Wildman–Crippen LogP) is 4.19. The number of hydrogen-bond acceptors (Lipinski definition) is 8. The SMILES string of the molecule is Cc1c(-c2ccc(C(F)(F)F)cc2)nn(CC(O)CN2CCN(c3c([N+](=O)[O-])cccc3[N+](=O)[O-])CC2)c1C. The lowest BCUT2D eigenvalue weighted by atomic mass is 10.1. The van der Waals surface area contributed by atoms with E-state index in [1.807, 2.05) is 18.7 Å². The minimum absolute atomic E-state index is 0.0221. The van der Waals surface area contributed by atoms with Gasteiger partial charge in [-0.05, 0) is 37.6 Å². The standard InChI is InChI=1S/C25H27F3N6O5/c1-16-17(2)32(29-23(16)18-6-8-19(9-7-18)25(26,27)28)15-20(35)14-30-10-12-31(13-11-30)24-21(33(36)37)4-3-5-22(24)34(38)39/h3-9,20,35H,10-15H2,1-2H3. The number of nitrogens with zero attached hydrogens (tertiary/aromatic N) is 6. The van der Waals surface area contributed by atoms with Crippen LogP contribution in [0.5, 0.6) is 0 Å². The summed E-state index contributed by atoms with van der Waals surface area (Å²) in [6, 6.07) is 8.54. The number of benzene rings is 2. The summed E-state index contributed by atoms with van der Waals surface area (Å²) in [6.45, 7) is 5.53. The van der Waals surface area contributed by atoms with Gasteiger partial charge in [-0.1, -0.05) is 12.1 Å². The Labute approximate surface area is 221 Å². The molecule has 1 aliphatic rings. The monoisotopic (exact) mass is 548 g/mol. The van der Waals surface area contributed by atoms with Crippen molar-refractivity contribution < 1.29 is 28.1 Å². The van der Waals surface area contributed by atoms with Crippen LogP contribution in [-0.2, 0) is 12.7 Å². The molecule has 1 N–H and O–H groups in total. The first kappa shape index (κ1) is 28.0. The number of nitro groups is 2. The Bertz CT molecular complexity index is 1340. The number of rotatable bonds is 8. The summed E-state index contributed by atoms with van der Waals surface area (Å²) >= 11 is 0. The predicted molar refractivity (Wildman–Crippen MR) is 137 cm³/mol. The fourth-order valence-corrected chi connectivity index (χ4v) is 4.75. The van der Waals surface area contributed by atoms with Gasteiger partial charge in [0.05, 0.1) is 33.8 Å². The zero-order valence-corrected chi connectivity index (χ0v) is 21.3. The van der Waals surface area contributed by atoms with Gasteiger partial charge in [-0.2, -0.15) is 18.3 Å². The van der Waals surface area contributed by atoms with E-state index in [2.05, 4.69) is 5.10 Å². The second-order valence-corrected chi connectivity index (χ2v) is 9.42. The molecule has 0 amide bonds. The quantitative estimate of drug-likeness (QED) is 0.328. The maximum atomic E-state index is 12.9. The van der Waals surface area contributed by atoms with Crippen LogP contribution in [-0.4, -0.2) is 68.5 Å². The van der Waals surface area contributed by atoms with E-state index in [1.54, 1.807) is 9.58 Å². The molecule has 4 rings (SSSR count). The van der Waals surface area contributed by atoms with Crippen molar-refractivity contribution in [2.45, 2.75) is 32.7 Å². The van der Waals surface area contributed by atoms with Crippen molar-refractivity contribution in [3.63, 3.8) is 0 Å². The number of halogens is 3. The molecule has 1 atom stereocenters. The molecule has 39 heavy (non-hydrogen) atoms. The molecule has 0 saturated carbocycles. The first-order valence-electron chi connectivity index (χ1n) is 12.2. The highest BCUT2D eigenvalue weighted by molar-refractivity contribution is 5.75. The summed E-state index contributed by atoms with van der Waals surface area (Å²) < 4.78 is 40.3. The van der Waals surface area contributed by atoms with E-state index in [9.17, 15) is 38.5 Å². The molecule has 14 heteroatoms. The zero-order valence-electron chi connectivity index (χ0n) is 21.3. The van der Waals surface area contributed by atoms with Gasteiger partial charge in [-0.25, -0.2) is 0 Å². The van der Waals surface area contributed by atoms with E-state index in [0.717, 1.165) is 23.4 Å². The van der Waals surface area contributed by atoms with Crippen molar-refractivity contribution in [1.29, 1.82) is 0 Å². The molecular weight excluding hydrogens is 521 g/mol. The van der Waals surface area contributed by atoms with Crippen LogP contribution in [0.25, 0.3) is 11.3 Å². The number of piperazine rings is 1. The number of nitro benzene ring substituents is 2. The van der Waals surface area contributed by atoms with Crippen molar-refractivity contribution in [3.05, 3.63) is 79.5 Å². The normalized spacial score (nSPS) is 15.4. The maximum Gasteiger partial charge on any atom is 0.416 e. The molecule has 2 aromatic carbocycles. The van der Waals surface area contributed by atoms with Crippen LogP contribution in [0.1, 0.15) is 16.8 Å². The average molecular weight is 549 g/mol. The first-order valence-corrected chi connectivity index (χ1v) is 12.2. The van der Waals surface area contributed by atoms with Crippen molar-refractivity contribution in [2.24, 2.45) is 0 Å². The third-order valence-corrected chi connectivity index (χ3v) is 6.92. The second-order valence-electron chi connectivity index (χ2n) is 9.42. The third-order valence-electron chi connectivity index (χ3n) is 6.92. The van der Waals surface area contributed by atoms with Gasteiger partial charge in [0, 0.05) is 56.1 Å². The van der Waals surface area contributed by atoms with E-state index in [4.69, 9.17) is 0 Å². The second kappa shape index (κ2) is 11.0. The van der Waals surface area contributed by atoms with Crippen molar-refractivity contribution >= 4 is 17.1 Å². The topological polar surface area (TPSA) is 131 Å². The van der Waals surface area contributed by atoms with Gasteiger partial charge in [0.25, 0.3) is 11.4 Å². The summed E-state index contributed by atoms with van der Waals surface area (Å²) in [5.74, 6) is 0. The van der Waals surface area contributed by atoms with Crippen LogP contribution in [0.15, 0.2) is 42.5 Å². The number of hydrogen-bond donors (Lipinski definition) is 1. The number of alkyl halides is 3. The smallest absolute Gasteiger partial charge is 0.390 e. The van der Waals surface area contributed by atoms with Crippen LogP contribution in [0.3, 0.4) is 0 Å². The largest absolute Gasteiger partial charge is 0.416 e. The van der Waals surface area contributed by atoms with Gasteiger partial charge < -0.3 is 10.0 Å². The summed E-state index contributed by atoms with van der Waals surface area (Å²) in [5.41, 5.74) is 1.22. The molecule has 1 saturated heterocycles. The number of aromatic nitrogens is 2.